The van der Waals surface area contributed by atoms with Gasteiger partial charge in [0.15, 0.2) is 0 Å². The van der Waals surface area contributed by atoms with Gasteiger partial charge >= 0.3 is 0 Å². The molecule has 2 rings (SSSR count). The van der Waals surface area contributed by atoms with Gasteiger partial charge in [0.05, 0.1) is 22.0 Å². The van der Waals surface area contributed by atoms with E-state index in [-0.39, 0.29) is 19.0 Å². The Kier molecular flexibility index (Phi) is 3.62. The van der Waals surface area contributed by atoms with Crippen molar-refractivity contribution in [2.24, 2.45) is 5.84 Å². The number of nitrogen functional groups attached to an aromatic ring is 1. The van der Waals surface area contributed by atoms with E-state index in [1.807, 2.05) is 5.43 Å². The van der Waals surface area contributed by atoms with Gasteiger partial charge in [-0.05, 0) is 12.1 Å². The smallest absolute Gasteiger partial charge is 0.275 e. The number of amides is 2. The lowest BCUT2D eigenvalue weighted by Gasteiger charge is -2.13. The third kappa shape index (κ3) is 2.36. The molecule has 2 amide bonds. The topological polar surface area (TPSA) is 116 Å². The van der Waals surface area contributed by atoms with Crippen molar-refractivity contribution < 1.29 is 19.8 Å². The van der Waals surface area contributed by atoms with E-state index in [9.17, 15) is 19.8 Å². The number of carbonyl (C=O) groups excluding carboxylic acids is 2. The minimum atomic E-state index is -0.916. The highest BCUT2D eigenvalue weighted by molar-refractivity contribution is 7.15. The Labute approximate surface area is 107 Å². The number of hydrogen-bond donors (Lipinski definition) is 4. The number of hydrazine groups is 1. The van der Waals surface area contributed by atoms with Crippen molar-refractivity contribution in [2.45, 2.75) is 12.2 Å². The van der Waals surface area contributed by atoms with Crippen LogP contribution in [0.4, 0.5) is 0 Å². The molecule has 0 aliphatic carbocycles. The van der Waals surface area contributed by atoms with Crippen LogP contribution in [-0.4, -0.2) is 52.2 Å². The predicted octanol–water partition coefficient (Wildman–Crippen LogP) is -1.47. The molecule has 2 atom stereocenters. The summed E-state index contributed by atoms with van der Waals surface area (Å²) in [6.07, 6.45) is -1.83. The Morgan fingerprint density at radius 2 is 1.83 bits per heavy atom. The molecule has 98 valence electrons. The maximum absolute atomic E-state index is 12.0. The molecule has 0 saturated carbocycles. The average molecular weight is 271 g/mol. The first-order valence-corrected chi connectivity index (χ1v) is 6.10. The Balaban J connectivity index is 2.10. The number of carbonyl (C=O) groups is 2. The first kappa shape index (κ1) is 13.0. The van der Waals surface area contributed by atoms with Gasteiger partial charge in [-0.25, -0.2) is 5.84 Å². The molecule has 2 heterocycles. The van der Waals surface area contributed by atoms with Gasteiger partial charge in [0.25, 0.3) is 11.8 Å². The van der Waals surface area contributed by atoms with Crippen LogP contribution in [0.15, 0.2) is 12.1 Å². The molecule has 0 bridgehead atoms. The molecule has 0 aromatic carbocycles. The van der Waals surface area contributed by atoms with Gasteiger partial charge in [0.2, 0.25) is 0 Å². The Morgan fingerprint density at radius 3 is 2.39 bits per heavy atom. The van der Waals surface area contributed by atoms with Crippen LogP contribution < -0.4 is 11.3 Å². The molecule has 1 saturated heterocycles. The highest BCUT2D eigenvalue weighted by Gasteiger charge is 2.33. The quantitative estimate of drug-likeness (QED) is 0.298. The van der Waals surface area contributed by atoms with Gasteiger partial charge < -0.3 is 15.1 Å². The second kappa shape index (κ2) is 5.02. The van der Waals surface area contributed by atoms with E-state index in [1.165, 1.54) is 17.0 Å². The number of nitrogens with one attached hydrogen (secondary N) is 1. The van der Waals surface area contributed by atoms with E-state index in [4.69, 9.17) is 5.84 Å². The summed E-state index contributed by atoms with van der Waals surface area (Å²) in [5.74, 6) is 4.22. The molecule has 0 spiro atoms. The van der Waals surface area contributed by atoms with Gasteiger partial charge in [-0.2, -0.15) is 0 Å². The average Bonchev–Trinajstić information content (AvgIpc) is 2.96. The lowest BCUT2D eigenvalue weighted by Crippen LogP contribution is -2.29. The molecule has 8 heteroatoms. The molecule has 18 heavy (non-hydrogen) atoms. The van der Waals surface area contributed by atoms with Crippen molar-refractivity contribution >= 4 is 23.2 Å². The van der Waals surface area contributed by atoms with Crippen molar-refractivity contribution in [1.82, 2.24) is 10.3 Å². The molecule has 1 aliphatic heterocycles. The molecule has 1 fully saturated rings. The summed E-state index contributed by atoms with van der Waals surface area (Å²) in [6, 6.07) is 3.03. The maximum Gasteiger partial charge on any atom is 0.275 e. The molecule has 7 nitrogen and oxygen atoms in total. The SMILES string of the molecule is NNC(=O)c1ccc(C(=O)N2CC(O)C(O)C2)s1. The van der Waals surface area contributed by atoms with Crippen LogP contribution in [0.3, 0.4) is 0 Å². The standard InChI is InChI=1S/C10H13N3O4S/c11-12-9(16)7-1-2-8(18-7)10(17)13-3-5(14)6(15)4-13/h1-2,5-6,14-15H,3-4,11H2,(H,12,16). The highest BCUT2D eigenvalue weighted by atomic mass is 32.1. The lowest BCUT2D eigenvalue weighted by molar-refractivity contribution is 0.0572. The first-order valence-electron chi connectivity index (χ1n) is 5.29. The highest BCUT2D eigenvalue weighted by Crippen LogP contribution is 2.21. The zero-order valence-corrected chi connectivity index (χ0v) is 10.2. The number of aliphatic hydroxyl groups excluding tert-OH is 2. The van der Waals surface area contributed by atoms with Gasteiger partial charge in [0.1, 0.15) is 0 Å². The second-order valence-corrected chi connectivity index (χ2v) is 5.07. The van der Waals surface area contributed by atoms with E-state index in [0.717, 1.165) is 11.3 Å². The fraction of sp³-hybridized carbons (Fsp3) is 0.400. The summed E-state index contributed by atoms with van der Waals surface area (Å²) >= 11 is 1.02. The number of hydrogen-bond acceptors (Lipinski definition) is 6. The van der Waals surface area contributed by atoms with Crippen LogP contribution in [-0.2, 0) is 0 Å². The normalized spacial score (nSPS) is 23.2. The predicted molar refractivity (Wildman–Crippen MR) is 63.9 cm³/mol. The summed E-state index contributed by atoms with van der Waals surface area (Å²) in [7, 11) is 0. The van der Waals surface area contributed by atoms with Crippen LogP contribution >= 0.6 is 11.3 Å². The maximum atomic E-state index is 12.0. The van der Waals surface area contributed by atoms with Crippen LogP contribution in [0.1, 0.15) is 19.3 Å². The summed E-state index contributed by atoms with van der Waals surface area (Å²) < 4.78 is 0. The number of thiophene rings is 1. The van der Waals surface area contributed by atoms with Crippen LogP contribution in [0.25, 0.3) is 0 Å². The lowest BCUT2D eigenvalue weighted by atomic mass is 10.3. The number of nitrogens with two attached hydrogens (primary N) is 1. The minimum Gasteiger partial charge on any atom is -0.388 e. The zero-order valence-electron chi connectivity index (χ0n) is 9.37. The van der Waals surface area contributed by atoms with Gasteiger partial charge in [0, 0.05) is 13.1 Å². The summed E-state index contributed by atoms with van der Waals surface area (Å²) in [6.45, 7) is 0.187. The molecular weight excluding hydrogens is 258 g/mol. The van der Waals surface area contributed by atoms with Crippen molar-refractivity contribution in [3.8, 4) is 0 Å². The van der Waals surface area contributed by atoms with Crippen LogP contribution in [0, 0.1) is 0 Å². The van der Waals surface area contributed by atoms with E-state index < -0.39 is 18.1 Å². The van der Waals surface area contributed by atoms with Crippen LogP contribution in [0.2, 0.25) is 0 Å². The van der Waals surface area contributed by atoms with E-state index in [2.05, 4.69) is 0 Å². The Hall–Kier alpha value is -1.48. The first-order chi connectivity index (χ1) is 8.52. The van der Waals surface area contributed by atoms with Crippen molar-refractivity contribution in [1.29, 1.82) is 0 Å². The minimum absolute atomic E-state index is 0.0936. The fourth-order valence-electron chi connectivity index (χ4n) is 1.74. The van der Waals surface area contributed by atoms with Gasteiger partial charge in [-0.1, -0.05) is 0 Å². The van der Waals surface area contributed by atoms with Crippen LogP contribution in [0.5, 0.6) is 0 Å². The summed E-state index contributed by atoms with van der Waals surface area (Å²) in [5, 5.41) is 18.7. The third-order valence-corrected chi connectivity index (χ3v) is 3.79. The van der Waals surface area contributed by atoms with Crippen molar-refractivity contribution in [3.05, 3.63) is 21.9 Å². The molecule has 2 unspecified atom stereocenters. The van der Waals surface area contributed by atoms with Gasteiger partial charge in [-0.3, -0.25) is 15.0 Å². The molecule has 1 aromatic rings. The monoisotopic (exact) mass is 271 g/mol. The summed E-state index contributed by atoms with van der Waals surface area (Å²) in [4.78, 5) is 25.3. The van der Waals surface area contributed by atoms with E-state index in [0.29, 0.717) is 9.75 Å². The van der Waals surface area contributed by atoms with Crippen molar-refractivity contribution in [2.75, 3.05) is 13.1 Å². The summed E-state index contributed by atoms with van der Waals surface area (Å²) in [5.41, 5.74) is 1.98. The molecular formula is C10H13N3O4S. The number of likely N-dealkylation sites (tertiary alicyclic amines) is 1. The Bertz CT molecular complexity index is 465. The largest absolute Gasteiger partial charge is 0.388 e. The number of nitrogens with zero attached hydrogens (tertiary/aromatic N) is 1. The van der Waals surface area contributed by atoms with E-state index >= 15 is 0 Å². The number of rotatable bonds is 2. The molecule has 0 radical (unpaired) electrons. The number of aliphatic hydroxyl groups is 2. The Morgan fingerprint density at radius 1 is 1.28 bits per heavy atom. The fourth-order valence-corrected chi connectivity index (χ4v) is 2.61. The third-order valence-electron chi connectivity index (χ3n) is 2.72. The molecule has 5 N–H and O–H groups in total. The van der Waals surface area contributed by atoms with E-state index in [1.54, 1.807) is 0 Å². The molecule has 1 aliphatic rings. The zero-order chi connectivity index (χ0) is 13.3. The second-order valence-electron chi connectivity index (χ2n) is 3.98. The molecule has 1 aromatic heterocycles. The number of β-amino-alcohol motifs (C(OH)–C–C–N with tert-alkyl or cyclic N) is 2. The van der Waals surface area contributed by atoms with Crippen molar-refractivity contribution in [3.63, 3.8) is 0 Å². The van der Waals surface area contributed by atoms with Gasteiger partial charge in [-0.15, -0.1) is 11.3 Å².